The molecule has 0 aliphatic heterocycles. The van der Waals surface area contributed by atoms with Crippen molar-refractivity contribution in [3.8, 4) is 0 Å². The Hall–Kier alpha value is -2.59. The smallest absolute Gasteiger partial charge is 0.212 e. The normalized spacial score (nSPS) is 22.8. The summed E-state index contributed by atoms with van der Waals surface area (Å²) in [6.45, 7) is 7.99. The Labute approximate surface area is 222 Å². The van der Waals surface area contributed by atoms with E-state index in [9.17, 15) is 26.0 Å². The third-order valence-corrected chi connectivity index (χ3v) is 9.41. The number of allylic oxidation sites excluding steroid dienone is 1. The number of rotatable bonds is 10. The molecule has 2 aromatic rings. The minimum Gasteiger partial charge on any atom is -0.212 e. The van der Waals surface area contributed by atoms with Crippen LogP contribution in [0.5, 0.6) is 0 Å². The minimum atomic E-state index is -4.01. The lowest BCUT2D eigenvalue weighted by molar-refractivity contribution is 0.173. The molecule has 38 heavy (non-hydrogen) atoms. The standard InChI is InChI=1S/C28H35F4N3O2S/c1-6-35(38(36,37)16-19-14-20(29)10-11-23(19)30)17-28(4)13-12-21(18(2)3)22(28)15-26(34-33-5)27-24(31)8-7-9-25(27)32/h7-11,14-15,18,21-22H,6,12-13,16-17H2,1-5H3/b26-15-,34-33-/t21-,22+,28?/m1/s1. The molecule has 3 atom stereocenters. The van der Waals surface area contributed by atoms with Gasteiger partial charge in [0.05, 0.1) is 17.0 Å². The predicted molar refractivity (Wildman–Crippen MR) is 141 cm³/mol. The summed E-state index contributed by atoms with van der Waals surface area (Å²) >= 11 is 0. The molecule has 1 unspecified atom stereocenters. The second kappa shape index (κ2) is 12.1. The largest absolute Gasteiger partial charge is 0.218 e. The van der Waals surface area contributed by atoms with Crippen molar-refractivity contribution in [3.05, 3.63) is 76.9 Å². The van der Waals surface area contributed by atoms with Crippen molar-refractivity contribution >= 4 is 15.7 Å². The van der Waals surface area contributed by atoms with Crippen molar-refractivity contribution in [2.45, 2.75) is 46.3 Å². The molecule has 1 fully saturated rings. The van der Waals surface area contributed by atoms with Gasteiger partial charge in [0.1, 0.15) is 23.3 Å². The molecule has 1 aliphatic carbocycles. The fourth-order valence-electron chi connectivity index (χ4n) is 5.56. The Morgan fingerprint density at radius 2 is 1.79 bits per heavy atom. The van der Waals surface area contributed by atoms with Gasteiger partial charge in [-0.3, -0.25) is 0 Å². The topological polar surface area (TPSA) is 62.1 Å². The second-order valence-electron chi connectivity index (χ2n) is 10.5. The molecule has 0 heterocycles. The zero-order valence-corrected chi connectivity index (χ0v) is 23.2. The molecule has 0 N–H and O–H groups in total. The summed E-state index contributed by atoms with van der Waals surface area (Å²) in [5.41, 5.74) is -1.08. The molecule has 1 aliphatic rings. The molecule has 208 valence electrons. The van der Waals surface area contributed by atoms with E-state index in [1.54, 1.807) is 13.0 Å². The van der Waals surface area contributed by atoms with Crippen LogP contribution in [0.25, 0.3) is 5.70 Å². The maximum Gasteiger partial charge on any atom is 0.218 e. The van der Waals surface area contributed by atoms with Crippen molar-refractivity contribution in [1.82, 2.24) is 4.31 Å². The third-order valence-electron chi connectivity index (χ3n) is 7.56. The molecule has 0 saturated heterocycles. The van der Waals surface area contributed by atoms with Gasteiger partial charge in [-0.15, -0.1) is 0 Å². The van der Waals surface area contributed by atoms with E-state index in [0.717, 1.165) is 36.8 Å². The van der Waals surface area contributed by atoms with Crippen LogP contribution in [-0.2, 0) is 15.8 Å². The summed E-state index contributed by atoms with van der Waals surface area (Å²) in [7, 11) is -2.60. The van der Waals surface area contributed by atoms with Crippen LogP contribution in [0.2, 0.25) is 0 Å². The third kappa shape index (κ3) is 6.51. The van der Waals surface area contributed by atoms with E-state index in [2.05, 4.69) is 24.1 Å². The Morgan fingerprint density at radius 3 is 2.37 bits per heavy atom. The lowest BCUT2D eigenvalue weighted by atomic mass is 9.73. The number of halogens is 4. The first-order valence-electron chi connectivity index (χ1n) is 12.7. The molecular weight excluding hydrogens is 518 g/mol. The maximum atomic E-state index is 14.7. The molecule has 3 rings (SSSR count). The summed E-state index contributed by atoms with van der Waals surface area (Å²) in [6.07, 6.45) is 3.16. The fraction of sp³-hybridized carbons (Fsp3) is 0.500. The highest BCUT2D eigenvalue weighted by Gasteiger charge is 2.47. The van der Waals surface area contributed by atoms with E-state index < -0.39 is 44.5 Å². The van der Waals surface area contributed by atoms with Gasteiger partial charge in [0.25, 0.3) is 0 Å². The highest BCUT2D eigenvalue weighted by molar-refractivity contribution is 7.88. The van der Waals surface area contributed by atoms with Gasteiger partial charge >= 0.3 is 0 Å². The van der Waals surface area contributed by atoms with Gasteiger partial charge in [-0.2, -0.15) is 10.2 Å². The zero-order valence-electron chi connectivity index (χ0n) is 22.4. The number of benzene rings is 2. The first-order chi connectivity index (χ1) is 17.8. The monoisotopic (exact) mass is 553 g/mol. The van der Waals surface area contributed by atoms with E-state index in [4.69, 9.17) is 0 Å². The summed E-state index contributed by atoms with van der Waals surface area (Å²) in [4.78, 5) is 0. The van der Waals surface area contributed by atoms with Crippen LogP contribution in [0.15, 0.2) is 52.7 Å². The summed E-state index contributed by atoms with van der Waals surface area (Å²) in [5.74, 6) is -3.69. The summed E-state index contributed by atoms with van der Waals surface area (Å²) in [6, 6.07) is 6.33. The first kappa shape index (κ1) is 30.0. The van der Waals surface area contributed by atoms with Gasteiger partial charge in [0, 0.05) is 25.7 Å². The Balaban J connectivity index is 2.03. The van der Waals surface area contributed by atoms with Crippen molar-refractivity contribution < 1.29 is 26.0 Å². The molecule has 10 heteroatoms. The molecule has 0 radical (unpaired) electrons. The lowest BCUT2D eigenvalue weighted by Gasteiger charge is -2.37. The van der Waals surface area contributed by atoms with Crippen LogP contribution < -0.4 is 0 Å². The highest BCUT2D eigenvalue weighted by atomic mass is 32.2. The minimum absolute atomic E-state index is 0.0552. The maximum absolute atomic E-state index is 14.7. The number of sulfonamides is 1. The summed E-state index contributed by atoms with van der Waals surface area (Å²) < 4.78 is 85.4. The van der Waals surface area contributed by atoms with Crippen LogP contribution in [0.3, 0.4) is 0 Å². The van der Waals surface area contributed by atoms with Gasteiger partial charge in [-0.05, 0) is 66.3 Å². The van der Waals surface area contributed by atoms with E-state index in [1.165, 1.54) is 17.4 Å². The Kier molecular flexibility index (Phi) is 9.52. The van der Waals surface area contributed by atoms with E-state index >= 15 is 0 Å². The Bertz CT molecular complexity index is 1290. The van der Waals surface area contributed by atoms with Crippen molar-refractivity contribution in [1.29, 1.82) is 0 Å². The van der Waals surface area contributed by atoms with Crippen molar-refractivity contribution in [2.24, 2.45) is 33.4 Å². The molecule has 2 aromatic carbocycles. The van der Waals surface area contributed by atoms with Gasteiger partial charge in [-0.25, -0.2) is 30.3 Å². The van der Waals surface area contributed by atoms with E-state index in [-0.39, 0.29) is 47.7 Å². The highest BCUT2D eigenvalue weighted by Crippen LogP contribution is 2.52. The van der Waals surface area contributed by atoms with Crippen LogP contribution in [0.4, 0.5) is 17.6 Å². The predicted octanol–water partition coefficient (Wildman–Crippen LogP) is 7.21. The molecular formula is C28H35F4N3O2S. The van der Waals surface area contributed by atoms with Crippen LogP contribution in [0, 0.1) is 46.4 Å². The van der Waals surface area contributed by atoms with Gasteiger partial charge in [0.15, 0.2) is 0 Å². The SMILES string of the molecule is CCN(CC1(C)CC[C@H](C(C)C)[C@@H]1/C=C(\N=N/C)c1c(F)cccc1F)S(=O)(=O)Cc1cc(F)ccc1F. The van der Waals surface area contributed by atoms with Gasteiger partial charge in [0.2, 0.25) is 10.0 Å². The zero-order chi connectivity index (χ0) is 28.3. The average Bonchev–Trinajstić information content (AvgIpc) is 3.16. The van der Waals surface area contributed by atoms with Crippen LogP contribution in [0.1, 0.15) is 51.7 Å². The van der Waals surface area contributed by atoms with Crippen LogP contribution in [-0.4, -0.2) is 32.9 Å². The number of azo groups is 1. The fourth-order valence-corrected chi connectivity index (χ4v) is 7.24. The molecule has 5 nitrogen and oxygen atoms in total. The molecule has 0 bridgehead atoms. The van der Waals surface area contributed by atoms with E-state index in [0.29, 0.717) is 6.42 Å². The lowest BCUT2D eigenvalue weighted by Crippen LogP contribution is -2.43. The van der Waals surface area contributed by atoms with E-state index in [1.807, 2.05) is 6.92 Å². The molecule has 0 aromatic heterocycles. The number of hydrogen-bond donors (Lipinski definition) is 0. The first-order valence-corrected chi connectivity index (χ1v) is 14.3. The number of nitrogens with zero attached hydrogens (tertiary/aromatic N) is 3. The van der Waals surface area contributed by atoms with Gasteiger partial charge in [-0.1, -0.05) is 39.8 Å². The average molecular weight is 554 g/mol. The van der Waals surface area contributed by atoms with Crippen molar-refractivity contribution in [3.63, 3.8) is 0 Å². The number of hydrogen-bond acceptors (Lipinski definition) is 4. The summed E-state index contributed by atoms with van der Waals surface area (Å²) in [5, 5.41) is 7.84. The van der Waals surface area contributed by atoms with Crippen molar-refractivity contribution in [2.75, 3.05) is 20.1 Å². The Morgan fingerprint density at radius 1 is 1.13 bits per heavy atom. The molecule has 0 amide bonds. The molecule has 0 spiro atoms. The molecule has 1 saturated carbocycles. The second-order valence-corrected chi connectivity index (χ2v) is 12.5. The van der Waals surface area contributed by atoms with Crippen LogP contribution >= 0.6 is 0 Å². The van der Waals surface area contributed by atoms with Gasteiger partial charge < -0.3 is 0 Å². The quantitative estimate of drug-likeness (QED) is 0.231.